The number of hydrogen-bond donors (Lipinski definition) is 1. The second-order valence-electron chi connectivity index (χ2n) is 4.82. The summed E-state index contributed by atoms with van der Waals surface area (Å²) in [5, 5.41) is 4.78. The highest BCUT2D eigenvalue weighted by Gasteiger charge is 2.24. The Morgan fingerprint density at radius 2 is 1.95 bits per heavy atom. The van der Waals surface area contributed by atoms with Gasteiger partial charge in [0.2, 0.25) is 0 Å². The fourth-order valence-corrected chi connectivity index (χ4v) is 3.19. The molecule has 0 radical (unpaired) electrons. The van der Waals surface area contributed by atoms with Gasteiger partial charge in [0.25, 0.3) is 0 Å². The van der Waals surface area contributed by atoms with Gasteiger partial charge in [-0.3, -0.25) is 0 Å². The van der Waals surface area contributed by atoms with Crippen LogP contribution in [0.4, 0.5) is 0 Å². The first-order chi connectivity index (χ1) is 9.70. The van der Waals surface area contributed by atoms with E-state index >= 15 is 0 Å². The van der Waals surface area contributed by atoms with Gasteiger partial charge in [-0.05, 0) is 36.4 Å². The quantitative estimate of drug-likeness (QED) is 0.916. The average Bonchev–Trinajstić information content (AvgIpc) is 2.89. The molecular weight excluding hydrogens is 293 g/mol. The maximum absolute atomic E-state index is 6.32. The standard InChI is InChI=1S/C16H15Cl2NO/c1-19-15(12-4-2-3-5-14(12)18)13-9-11(17)8-10-6-7-20-16(10)13/h2-5,8-9,15,19H,6-7H2,1H3. The summed E-state index contributed by atoms with van der Waals surface area (Å²) in [5.41, 5.74) is 3.23. The van der Waals surface area contributed by atoms with Gasteiger partial charge < -0.3 is 10.1 Å². The Balaban J connectivity index is 2.13. The van der Waals surface area contributed by atoms with Gasteiger partial charge in [0.1, 0.15) is 5.75 Å². The van der Waals surface area contributed by atoms with Crippen molar-refractivity contribution in [2.24, 2.45) is 0 Å². The van der Waals surface area contributed by atoms with Crippen molar-refractivity contribution in [3.63, 3.8) is 0 Å². The van der Waals surface area contributed by atoms with E-state index < -0.39 is 0 Å². The molecule has 1 N–H and O–H groups in total. The minimum absolute atomic E-state index is 0.0331. The molecule has 0 amide bonds. The summed E-state index contributed by atoms with van der Waals surface area (Å²) >= 11 is 12.6. The molecule has 1 heterocycles. The smallest absolute Gasteiger partial charge is 0.127 e. The number of fused-ring (bicyclic) bond motifs is 1. The van der Waals surface area contributed by atoms with Crippen LogP contribution in [0.3, 0.4) is 0 Å². The molecule has 1 unspecified atom stereocenters. The molecule has 0 saturated carbocycles. The SMILES string of the molecule is CNC(c1ccccc1Cl)c1cc(Cl)cc2c1OCC2. The lowest BCUT2D eigenvalue weighted by atomic mass is 9.96. The molecule has 2 nitrogen and oxygen atoms in total. The maximum atomic E-state index is 6.32. The Hall–Kier alpha value is -1.22. The summed E-state index contributed by atoms with van der Waals surface area (Å²) in [6.45, 7) is 0.710. The molecule has 0 bridgehead atoms. The van der Waals surface area contributed by atoms with Gasteiger partial charge in [0.15, 0.2) is 0 Å². The van der Waals surface area contributed by atoms with Gasteiger partial charge in [-0.15, -0.1) is 0 Å². The fourth-order valence-electron chi connectivity index (χ4n) is 2.70. The van der Waals surface area contributed by atoms with Crippen LogP contribution in [0.15, 0.2) is 36.4 Å². The van der Waals surface area contributed by atoms with Crippen LogP contribution >= 0.6 is 23.2 Å². The Kier molecular flexibility index (Phi) is 3.88. The number of ether oxygens (including phenoxy) is 1. The van der Waals surface area contributed by atoms with Gasteiger partial charge in [-0.1, -0.05) is 41.4 Å². The second-order valence-corrected chi connectivity index (χ2v) is 5.67. The molecule has 2 aromatic rings. The Bertz CT molecular complexity index is 642. The first kappa shape index (κ1) is 13.7. The molecule has 1 aliphatic heterocycles. The van der Waals surface area contributed by atoms with E-state index in [-0.39, 0.29) is 6.04 Å². The van der Waals surface area contributed by atoms with E-state index in [0.717, 1.165) is 33.3 Å². The van der Waals surface area contributed by atoms with Crippen LogP contribution in [-0.2, 0) is 6.42 Å². The highest BCUT2D eigenvalue weighted by atomic mass is 35.5. The molecule has 1 atom stereocenters. The van der Waals surface area contributed by atoms with Crippen molar-refractivity contribution in [3.05, 3.63) is 63.1 Å². The Morgan fingerprint density at radius 3 is 2.70 bits per heavy atom. The number of rotatable bonds is 3. The van der Waals surface area contributed by atoms with Gasteiger partial charge in [0.05, 0.1) is 12.6 Å². The minimum Gasteiger partial charge on any atom is -0.493 e. The Labute approximate surface area is 128 Å². The van der Waals surface area contributed by atoms with Crippen LogP contribution in [-0.4, -0.2) is 13.7 Å². The lowest BCUT2D eigenvalue weighted by Gasteiger charge is -2.21. The molecule has 0 fully saturated rings. The normalized spacial score (nSPS) is 14.8. The van der Waals surface area contributed by atoms with Crippen LogP contribution < -0.4 is 10.1 Å². The molecule has 20 heavy (non-hydrogen) atoms. The second kappa shape index (κ2) is 5.65. The summed E-state index contributed by atoms with van der Waals surface area (Å²) in [4.78, 5) is 0. The summed E-state index contributed by atoms with van der Waals surface area (Å²) in [5.74, 6) is 0.939. The molecule has 1 aliphatic rings. The van der Waals surface area contributed by atoms with E-state index in [0.29, 0.717) is 6.61 Å². The van der Waals surface area contributed by atoms with Crippen LogP contribution in [0.25, 0.3) is 0 Å². The lowest BCUT2D eigenvalue weighted by Crippen LogP contribution is -2.18. The molecule has 4 heteroatoms. The highest BCUT2D eigenvalue weighted by Crippen LogP contribution is 2.39. The van der Waals surface area contributed by atoms with Crippen LogP contribution in [0.5, 0.6) is 5.75 Å². The third-order valence-corrected chi connectivity index (χ3v) is 4.16. The van der Waals surface area contributed by atoms with Crippen molar-refractivity contribution in [2.75, 3.05) is 13.7 Å². The van der Waals surface area contributed by atoms with E-state index in [9.17, 15) is 0 Å². The minimum atomic E-state index is -0.0331. The number of hydrogen-bond acceptors (Lipinski definition) is 2. The first-order valence-corrected chi connectivity index (χ1v) is 7.33. The predicted octanol–water partition coefficient (Wildman–Crippen LogP) is 4.24. The van der Waals surface area contributed by atoms with Crippen molar-refractivity contribution in [1.29, 1.82) is 0 Å². The third kappa shape index (κ3) is 2.39. The van der Waals surface area contributed by atoms with Crippen LogP contribution in [0, 0.1) is 0 Å². The fraction of sp³-hybridized carbons (Fsp3) is 0.250. The zero-order chi connectivity index (χ0) is 14.1. The van der Waals surface area contributed by atoms with E-state index in [4.69, 9.17) is 27.9 Å². The van der Waals surface area contributed by atoms with Crippen LogP contribution in [0.2, 0.25) is 10.0 Å². The van der Waals surface area contributed by atoms with Gasteiger partial charge in [0, 0.05) is 22.0 Å². The highest BCUT2D eigenvalue weighted by molar-refractivity contribution is 6.31. The van der Waals surface area contributed by atoms with Gasteiger partial charge in [-0.25, -0.2) is 0 Å². The van der Waals surface area contributed by atoms with Crippen LogP contribution in [0.1, 0.15) is 22.7 Å². The summed E-state index contributed by atoms with van der Waals surface area (Å²) in [6, 6.07) is 11.7. The molecule has 104 valence electrons. The van der Waals surface area contributed by atoms with E-state index in [2.05, 4.69) is 5.32 Å². The topological polar surface area (TPSA) is 21.3 Å². The van der Waals surface area contributed by atoms with E-state index in [1.165, 1.54) is 5.56 Å². The monoisotopic (exact) mass is 307 g/mol. The third-order valence-electron chi connectivity index (χ3n) is 3.59. The zero-order valence-corrected chi connectivity index (χ0v) is 12.6. The summed E-state index contributed by atoms with van der Waals surface area (Å²) in [6.07, 6.45) is 0.905. The summed E-state index contributed by atoms with van der Waals surface area (Å²) < 4.78 is 5.79. The largest absolute Gasteiger partial charge is 0.493 e. The number of halogens is 2. The number of benzene rings is 2. The molecular formula is C16H15Cl2NO. The van der Waals surface area contributed by atoms with Crippen molar-refractivity contribution in [1.82, 2.24) is 5.32 Å². The molecule has 0 aromatic heterocycles. The molecule has 0 aliphatic carbocycles. The van der Waals surface area contributed by atoms with Gasteiger partial charge >= 0.3 is 0 Å². The molecule has 2 aromatic carbocycles. The van der Waals surface area contributed by atoms with Crippen molar-refractivity contribution >= 4 is 23.2 Å². The van der Waals surface area contributed by atoms with Crippen molar-refractivity contribution in [2.45, 2.75) is 12.5 Å². The van der Waals surface area contributed by atoms with Crippen molar-refractivity contribution < 1.29 is 4.74 Å². The Morgan fingerprint density at radius 1 is 1.15 bits per heavy atom. The molecule has 3 rings (SSSR count). The lowest BCUT2D eigenvalue weighted by molar-refractivity contribution is 0.351. The number of nitrogens with one attached hydrogen (secondary N) is 1. The molecule has 0 saturated heterocycles. The van der Waals surface area contributed by atoms with Crippen molar-refractivity contribution in [3.8, 4) is 5.75 Å². The predicted molar refractivity (Wildman–Crippen MR) is 83.0 cm³/mol. The first-order valence-electron chi connectivity index (χ1n) is 6.57. The molecule has 0 spiro atoms. The van der Waals surface area contributed by atoms with E-state index in [1.54, 1.807) is 0 Å². The summed E-state index contributed by atoms with van der Waals surface area (Å²) in [7, 11) is 1.91. The zero-order valence-electron chi connectivity index (χ0n) is 11.1. The van der Waals surface area contributed by atoms with Gasteiger partial charge in [-0.2, -0.15) is 0 Å². The average molecular weight is 308 g/mol. The maximum Gasteiger partial charge on any atom is 0.127 e. The van der Waals surface area contributed by atoms with E-state index in [1.807, 2.05) is 43.4 Å².